The Kier molecular flexibility index (Phi) is 8.51. The fraction of sp³-hybridized carbons (Fsp3) is 0.333. The molecule has 0 aliphatic carbocycles. The van der Waals surface area contributed by atoms with Crippen LogP contribution in [0.2, 0.25) is 5.02 Å². The molecule has 0 amide bonds. The molecule has 0 aliphatic heterocycles. The molecule has 8 nitrogen and oxygen atoms in total. The summed E-state index contributed by atoms with van der Waals surface area (Å²) in [5.74, 6) is 0.320. The fourth-order valence-electron chi connectivity index (χ4n) is 2.63. The van der Waals surface area contributed by atoms with Crippen LogP contribution in [0.4, 0.5) is 0 Å². The average Bonchev–Trinajstić information content (AvgIpc) is 3.15. The SMILES string of the molecule is CCOP(=O)(COC(=O)[C@@H](C)Oc1ccc(Oc2nc3cc(Cl)ccc3s2)cc1)OCC. The molecule has 0 fully saturated rings. The van der Waals surface area contributed by atoms with Crippen LogP contribution in [0, 0.1) is 0 Å². The molecule has 0 N–H and O–H groups in total. The zero-order valence-electron chi connectivity index (χ0n) is 17.8. The van der Waals surface area contributed by atoms with Crippen LogP contribution in [0.1, 0.15) is 20.8 Å². The summed E-state index contributed by atoms with van der Waals surface area (Å²) in [5.41, 5.74) is 0.767. The maximum absolute atomic E-state index is 12.4. The van der Waals surface area contributed by atoms with Crippen LogP contribution in [-0.4, -0.2) is 36.6 Å². The lowest BCUT2D eigenvalue weighted by molar-refractivity contribution is -0.149. The number of rotatable bonds is 11. The minimum atomic E-state index is -3.48. The van der Waals surface area contributed by atoms with E-state index >= 15 is 0 Å². The number of aromatic nitrogens is 1. The Morgan fingerprint density at radius 1 is 1.09 bits per heavy atom. The number of esters is 1. The zero-order chi connectivity index (χ0) is 23.1. The minimum absolute atomic E-state index is 0.181. The normalized spacial score (nSPS) is 12.5. The van der Waals surface area contributed by atoms with Gasteiger partial charge in [-0.25, -0.2) is 9.78 Å². The second kappa shape index (κ2) is 11.1. The number of nitrogens with zero attached hydrogens (tertiary/aromatic N) is 1. The van der Waals surface area contributed by atoms with Gasteiger partial charge >= 0.3 is 13.6 Å². The lowest BCUT2D eigenvalue weighted by Crippen LogP contribution is -2.26. The van der Waals surface area contributed by atoms with Crippen molar-refractivity contribution in [2.24, 2.45) is 0 Å². The number of thiazole rings is 1. The van der Waals surface area contributed by atoms with Crippen molar-refractivity contribution in [2.45, 2.75) is 26.9 Å². The summed E-state index contributed by atoms with van der Waals surface area (Å²) in [4.78, 5) is 16.6. The molecule has 0 radical (unpaired) electrons. The van der Waals surface area contributed by atoms with Gasteiger partial charge in [0.25, 0.3) is 5.19 Å². The van der Waals surface area contributed by atoms with Crippen molar-refractivity contribution in [3.8, 4) is 16.7 Å². The molecule has 32 heavy (non-hydrogen) atoms. The minimum Gasteiger partial charge on any atom is -0.479 e. The van der Waals surface area contributed by atoms with Gasteiger partial charge in [0.1, 0.15) is 11.5 Å². The van der Waals surface area contributed by atoms with Crippen LogP contribution in [0.5, 0.6) is 16.7 Å². The second-order valence-electron chi connectivity index (χ2n) is 6.46. The first-order valence-electron chi connectivity index (χ1n) is 9.87. The first-order valence-corrected chi connectivity index (χ1v) is 12.8. The lowest BCUT2D eigenvalue weighted by atomic mass is 10.3. The van der Waals surface area contributed by atoms with Gasteiger partial charge in [0, 0.05) is 5.02 Å². The standard InChI is InChI=1S/C21H23ClNO7PS/c1-4-27-31(25,28-5-2)13-26-20(24)14(3)29-16-7-9-17(10-8-16)30-21-23-18-12-15(22)6-11-19(18)32-21/h6-12,14H,4-5,13H2,1-3H3/t14-/m1/s1. The molecule has 3 rings (SSSR count). The van der Waals surface area contributed by atoms with Crippen LogP contribution in [0.15, 0.2) is 42.5 Å². The highest BCUT2D eigenvalue weighted by atomic mass is 35.5. The van der Waals surface area contributed by atoms with Gasteiger partial charge in [0.05, 0.1) is 23.4 Å². The van der Waals surface area contributed by atoms with E-state index in [1.807, 2.05) is 6.07 Å². The summed E-state index contributed by atoms with van der Waals surface area (Å²) in [7, 11) is -3.48. The molecule has 0 spiro atoms. The van der Waals surface area contributed by atoms with Gasteiger partial charge < -0.3 is 23.3 Å². The molecule has 0 saturated heterocycles. The van der Waals surface area contributed by atoms with Crippen molar-refractivity contribution in [1.82, 2.24) is 4.98 Å². The quantitative estimate of drug-likeness (QED) is 0.225. The van der Waals surface area contributed by atoms with Gasteiger partial charge in [-0.1, -0.05) is 22.9 Å². The van der Waals surface area contributed by atoms with Crippen molar-refractivity contribution in [3.63, 3.8) is 0 Å². The molecule has 1 aromatic heterocycles. The number of carbonyl (C=O) groups is 1. The van der Waals surface area contributed by atoms with E-state index in [-0.39, 0.29) is 13.2 Å². The monoisotopic (exact) mass is 499 g/mol. The van der Waals surface area contributed by atoms with Crippen LogP contribution in [0.3, 0.4) is 0 Å². The number of carbonyl (C=O) groups excluding carboxylic acids is 1. The molecule has 0 saturated carbocycles. The van der Waals surface area contributed by atoms with E-state index in [1.54, 1.807) is 50.2 Å². The molecule has 3 aromatic rings. The largest absolute Gasteiger partial charge is 0.479 e. The zero-order valence-corrected chi connectivity index (χ0v) is 20.2. The molecular formula is C21H23ClNO7PS. The van der Waals surface area contributed by atoms with E-state index < -0.39 is 26.0 Å². The number of ether oxygens (including phenoxy) is 3. The van der Waals surface area contributed by atoms with Crippen molar-refractivity contribution in [3.05, 3.63) is 47.5 Å². The number of hydrogen-bond donors (Lipinski definition) is 0. The Labute approximate surface area is 194 Å². The van der Waals surface area contributed by atoms with Crippen LogP contribution in [-0.2, 0) is 23.1 Å². The van der Waals surface area contributed by atoms with Gasteiger partial charge in [0.2, 0.25) is 0 Å². The third-order valence-corrected chi connectivity index (χ3v) is 6.92. The average molecular weight is 500 g/mol. The lowest BCUT2D eigenvalue weighted by Gasteiger charge is -2.18. The molecule has 11 heteroatoms. The number of halogens is 1. The summed E-state index contributed by atoms with van der Waals surface area (Å²) < 4.78 is 40.0. The molecule has 0 unspecified atom stereocenters. The van der Waals surface area contributed by atoms with E-state index in [0.717, 1.165) is 10.2 Å². The van der Waals surface area contributed by atoms with E-state index in [0.29, 0.717) is 21.7 Å². The predicted molar refractivity (Wildman–Crippen MR) is 123 cm³/mol. The topological polar surface area (TPSA) is 93.2 Å². The van der Waals surface area contributed by atoms with Crippen LogP contribution >= 0.6 is 30.5 Å². The van der Waals surface area contributed by atoms with Crippen molar-refractivity contribution >= 4 is 46.7 Å². The number of benzene rings is 2. The van der Waals surface area contributed by atoms with Gasteiger partial charge in [-0.2, -0.15) is 0 Å². The molecule has 172 valence electrons. The second-order valence-corrected chi connectivity index (χ2v) is 9.89. The molecule has 2 aromatic carbocycles. The Morgan fingerprint density at radius 3 is 2.41 bits per heavy atom. The maximum Gasteiger partial charge on any atom is 0.367 e. The van der Waals surface area contributed by atoms with Gasteiger partial charge in [-0.05, 0) is 63.2 Å². The van der Waals surface area contributed by atoms with E-state index in [2.05, 4.69) is 4.98 Å². The van der Waals surface area contributed by atoms with Crippen molar-refractivity contribution in [2.75, 3.05) is 19.6 Å². The van der Waals surface area contributed by atoms with Crippen LogP contribution < -0.4 is 9.47 Å². The smallest absolute Gasteiger partial charge is 0.367 e. The summed E-state index contributed by atoms with van der Waals surface area (Å²) in [5, 5.41) is 1.10. The highest BCUT2D eigenvalue weighted by molar-refractivity contribution is 7.53. The molecular weight excluding hydrogens is 477 g/mol. The Bertz CT molecular complexity index is 1100. The Balaban J connectivity index is 1.54. The predicted octanol–water partition coefficient (Wildman–Crippen LogP) is 6.28. The third kappa shape index (κ3) is 6.67. The van der Waals surface area contributed by atoms with Crippen LogP contribution in [0.25, 0.3) is 10.2 Å². The number of hydrogen-bond acceptors (Lipinski definition) is 9. The van der Waals surface area contributed by atoms with Gasteiger partial charge in [-0.15, -0.1) is 0 Å². The Morgan fingerprint density at radius 2 is 1.75 bits per heavy atom. The summed E-state index contributed by atoms with van der Waals surface area (Å²) >= 11 is 7.40. The summed E-state index contributed by atoms with van der Waals surface area (Å²) in [6, 6.07) is 12.2. The van der Waals surface area contributed by atoms with E-state index in [1.165, 1.54) is 18.3 Å². The van der Waals surface area contributed by atoms with E-state index in [9.17, 15) is 9.36 Å². The van der Waals surface area contributed by atoms with Gasteiger partial charge in [0.15, 0.2) is 12.5 Å². The molecule has 0 aliphatic rings. The maximum atomic E-state index is 12.4. The molecule has 0 bridgehead atoms. The highest BCUT2D eigenvalue weighted by Gasteiger charge is 2.28. The Hall–Kier alpha value is -2.16. The summed E-state index contributed by atoms with van der Waals surface area (Å²) in [6.07, 6.45) is -1.39. The third-order valence-electron chi connectivity index (χ3n) is 4.02. The fourth-order valence-corrected chi connectivity index (χ4v) is 4.90. The summed E-state index contributed by atoms with van der Waals surface area (Å²) in [6.45, 7) is 5.25. The molecule has 1 heterocycles. The van der Waals surface area contributed by atoms with E-state index in [4.69, 9.17) is 34.9 Å². The first-order chi connectivity index (χ1) is 15.3. The van der Waals surface area contributed by atoms with Crippen molar-refractivity contribution < 1.29 is 32.6 Å². The van der Waals surface area contributed by atoms with Gasteiger partial charge in [-0.3, -0.25) is 4.57 Å². The van der Waals surface area contributed by atoms with Crippen molar-refractivity contribution in [1.29, 1.82) is 0 Å². The first kappa shape index (κ1) is 24.5. The highest BCUT2D eigenvalue weighted by Crippen LogP contribution is 2.47. The molecule has 1 atom stereocenters. The number of fused-ring (bicyclic) bond motifs is 1.